The van der Waals surface area contributed by atoms with Gasteiger partial charge < -0.3 is 5.32 Å². The van der Waals surface area contributed by atoms with Crippen molar-refractivity contribution in [3.63, 3.8) is 0 Å². The van der Waals surface area contributed by atoms with E-state index in [4.69, 9.17) is 0 Å². The van der Waals surface area contributed by atoms with Crippen LogP contribution in [0.15, 0.2) is 18.2 Å². The molecule has 0 bridgehead atoms. The number of aromatic nitrogens is 1. The number of nitrogens with one attached hydrogen (secondary N) is 1. The maximum atomic E-state index is 12.5. The zero-order valence-corrected chi connectivity index (χ0v) is 10.9. The minimum atomic E-state index is -4.37. The van der Waals surface area contributed by atoms with Crippen LogP contribution in [0, 0.1) is 5.92 Å². The monoisotopic (exact) mass is 260 g/mol. The topological polar surface area (TPSA) is 24.9 Å². The average Bonchev–Trinajstić information content (AvgIpc) is 2.27. The molecule has 2 nitrogen and oxygen atoms in total. The first kappa shape index (κ1) is 15.0. The smallest absolute Gasteiger partial charge is 0.314 e. The van der Waals surface area contributed by atoms with Crippen LogP contribution in [0.2, 0.25) is 0 Å². The molecular formula is C13H19F3N2. The van der Waals surface area contributed by atoms with Gasteiger partial charge in [0.05, 0.1) is 0 Å². The first-order valence-electron chi connectivity index (χ1n) is 6.11. The van der Waals surface area contributed by atoms with Gasteiger partial charge in [-0.2, -0.15) is 13.2 Å². The van der Waals surface area contributed by atoms with Crippen LogP contribution in [0.4, 0.5) is 13.2 Å². The third kappa shape index (κ3) is 4.29. The minimum absolute atomic E-state index is 0.144. The molecule has 1 rings (SSSR count). The Balaban J connectivity index is 2.83. The lowest BCUT2D eigenvalue weighted by Gasteiger charge is -2.21. The van der Waals surface area contributed by atoms with Crippen LogP contribution in [-0.4, -0.2) is 17.6 Å². The van der Waals surface area contributed by atoms with Gasteiger partial charge in [-0.15, -0.1) is 0 Å². The van der Waals surface area contributed by atoms with Gasteiger partial charge in [-0.05, 0) is 24.6 Å². The van der Waals surface area contributed by atoms with Crippen LogP contribution in [-0.2, 0) is 12.6 Å². The van der Waals surface area contributed by atoms with Crippen LogP contribution in [0.25, 0.3) is 0 Å². The molecule has 0 saturated heterocycles. The standard InChI is InChI=1S/C13H19F3N2/c1-4-17-11(9(2)3)8-10-6-5-7-12(18-10)13(14,15)16/h5-7,9,11,17H,4,8H2,1-3H3. The Morgan fingerprint density at radius 3 is 2.44 bits per heavy atom. The summed E-state index contributed by atoms with van der Waals surface area (Å²) >= 11 is 0. The van der Waals surface area contributed by atoms with Gasteiger partial charge in [-0.3, -0.25) is 0 Å². The summed E-state index contributed by atoms with van der Waals surface area (Å²) in [6, 6.07) is 4.20. The lowest BCUT2D eigenvalue weighted by atomic mass is 9.99. The maximum absolute atomic E-state index is 12.5. The molecule has 1 aromatic rings. The second-order valence-electron chi connectivity index (χ2n) is 4.62. The summed E-state index contributed by atoms with van der Waals surface area (Å²) in [5.74, 6) is 0.348. The molecule has 0 aliphatic heterocycles. The van der Waals surface area contributed by atoms with Crippen molar-refractivity contribution in [3.05, 3.63) is 29.6 Å². The predicted octanol–water partition coefficient (Wildman–Crippen LogP) is 3.28. The van der Waals surface area contributed by atoms with Crippen molar-refractivity contribution in [2.24, 2.45) is 5.92 Å². The summed E-state index contributed by atoms with van der Waals surface area (Å²) in [6.45, 7) is 6.86. The first-order chi connectivity index (χ1) is 8.34. The number of hydrogen-bond acceptors (Lipinski definition) is 2. The molecule has 0 aromatic carbocycles. The summed E-state index contributed by atoms with van der Waals surface area (Å²) in [5.41, 5.74) is -0.344. The highest BCUT2D eigenvalue weighted by Gasteiger charge is 2.32. The van der Waals surface area contributed by atoms with Gasteiger partial charge in [0.1, 0.15) is 5.69 Å². The van der Waals surface area contributed by atoms with Gasteiger partial charge in [0, 0.05) is 18.2 Å². The maximum Gasteiger partial charge on any atom is 0.433 e. The Morgan fingerprint density at radius 2 is 1.94 bits per heavy atom. The second-order valence-corrected chi connectivity index (χ2v) is 4.62. The minimum Gasteiger partial charge on any atom is -0.314 e. The van der Waals surface area contributed by atoms with E-state index in [0.717, 1.165) is 12.6 Å². The van der Waals surface area contributed by atoms with Crippen LogP contribution in [0.5, 0.6) is 0 Å². The van der Waals surface area contributed by atoms with Crippen molar-refractivity contribution in [2.45, 2.75) is 39.4 Å². The third-order valence-corrected chi connectivity index (χ3v) is 2.80. The van der Waals surface area contributed by atoms with E-state index >= 15 is 0 Å². The Bertz CT molecular complexity index is 375. The van der Waals surface area contributed by atoms with Gasteiger partial charge in [0.15, 0.2) is 0 Å². The van der Waals surface area contributed by atoms with Crippen LogP contribution >= 0.6 is 0 Å². The summed E-state index contributed by atoms with van der Waals surface area (Å²) in [6.07, 6.45) is -3.86. The lowest BCUT2D eigenvalue weighted by Crippen LogP contribution is -2.35. The van der Waals surface area contributed by atoms with Crippen molar-refractivity contribution in [1.29, 1.82) is 0 Å². The molecule has 102 valence electrons. The molecule has 1 unspecified atom stereocenters. The molecule has 1 N–H and O–H groups in total. The zero-order chi connectivity index (χ0) is 13.8. The number of alkyl halides is 3. The van der Waals surface area contributed by atoms with Gasteiger partial charge in [0.2, 0.25) is 0 Å². The number of hydrogen-bond donors (Lipinski definition) is 1. The van der Waals surface area contributed by atoms with Crippen LogP contribution in [0.3, 0.4) is 0 Å². The molecule has 0 saturated carbocycles. The molecule has 0 fully saturated rings. The molecule has 0 spiro atoms. The normalized spacial score (nSPS) is 13.9. The molecule has 1 atom stereocenters. The number of pyridine rings is 1. The molecule has 0 radical (unpaired) electrons. The van der Waals surface area contributed by atoms with Gasteiger partial charge in [0.25, 0.3) is 0 Å². The second kappa shape index (κ2) is 6.18. The molecule has 1 aromatic heterocycles. The highest BCUT2D eigenvalue weighted by atomic mass is 19.4. The lowest BCUT2D eigenvalue weighted by molar-refractivity contribution is -0.141. The Morgan fingerprint density at radius 1 is 1.28 bits per heavy atom. The van der Waals surface area contributed by atoms with Crippen molar-refractivity contribution in [1.82, 2.24) is 10.3 Å². The molecule has 5 heteroatoms. The van der Waals surface area contributed by atoms with Gasteiger partial charge >= 0.3 is 6.18 Å². The van der Waals surface area contributed by atoms with E-state index in [-0.39, 0.29) is 6.04 Å². The van der Waals surface area contributed by atoms with E-state index in [2.05, 4.69) is 10.3 Å². The average molecular weight is 260 g/mol. The van der Waals surface area contributed by atoms with E-state index in [1.165, 1.54) is 6.07 Å². The fraction of sp³-hybridized carbons (Fsp3) is 0.615. The number of halogens is 3. The SMILES string of the molecule is CCNC(Cc1cccc(C(F)(F)F)n1)C(C)C. The fourth-order valence-corrected chi connectivity index (χ4v) is 1.78. The number of likely N-dealkylation sites (N-methyl/N-ethyl adjacent to an activating group) is 1. The summed E-state index contributed by atoms with van der Waals surface area (Å²) < 4.78 is 37.6. The van der Waals surface area contributed by atoms with E-state index in [0.29, 0.717) is 18.0 Å². The Labute approximate surface area is 106 Å². The van der Waals surface area contributed by atoms with Crippen molar-refractivity contribution >= 4 is 0 Å². The molecule has 0 amide bonds. The zero-order valence-electron chi connectivity index (χ0n) is 10.9. The first-order valence-corrected chi connectivity index (χ1v) is 6.11. The molecular weight excluding hydrogens is 241 g/mol. The van der Waals surface area contributed by atoms with Gasteiger partial charge in [-0.1, -0.05) is 26.8 Å². The third-order valence-electron chi connectivity index (χ3n) is 2.80. The van der Waals surface area contributed by atoms with Crippen molar-refractivity contribution in [2.75, 3.05) is 6.54 Å². The Kier molecular flexibility index (Phi) is 5.14. The van der Waals surface area contributed by atoms with E-state index in [9.17, 15) is 13.2 Å². The number of rotatable bonds is 5. The van der Waals surface area contributed by atoms with Crippen molar-refractivity contribution in [3.8, 4) is 0 Å². The largest absolute Gasteiger partial charge is 0.433 e. The summed E-state index contributed by atoms with van der Waals surface area (Å²) in [4.78, 5) is 3.68. The predicted molar refractivity (Wildman–Crippen MR) is 65.2 cm³/mol. The molecule has 0 aliphatic carbocycles. The van der Waals surface area contributed by atoms with E-state index < -0.39 is 11.9 Å². The quantitative estimate of drug-likeness (QED) is 0.878. The highest BCUT2D eigenvalue weighted by Crippen LogP contribution is 2.27. The van der Waals surface area contributed by atoms with Crippen molar-refractivity contribution < 1.29 is 13.2 Å². The molecule has 18 heavy (non-hydrogen) atoms. The summed E-state index contributed by atoms with van der Waals surface area (Å²) in [7, 11) is 0. The highest BCUT2D eigenvalue weighted by molar-refractivity contribution is 5.14. The van der Waals surface area contributed by atoms with Crippen LogP contribution < -0.4 is 5.32 Å². The summed E-state index contributed by atoms with van der Waals surface area (Å²) in [5, 5.41) is 3.27. The molecule has 1 heterocycles. The van der Waals surface area contributed by atoms with Crippen LogP contribution in [0.1, 0.15) is 32.2 Å². The fourth-order valence-electron chi connectivity index (χ4n) is 1.78. The van der Waals surface area contributed by atoms with E-state index in [1.54, 1.807) is 6.07 Å². The van der Waals surface area contributed by atoms with Gasteiger partial charge in [-0.25, -0.2) is 4.98 Å². The number of nitrogens with zero attached hydrogens (tertiary/aromatic N) is 1. The molecule has 0 aliphatic rings. The van der Waals surface area contributed by atoms with E-state index in [1.807, 2.05) is 20.8 Å². The Hall–Kier alpha value is -1.10.